The average molecular weight is 250 g/mol. The van der Waals surface area contributed by atoms with Crippen LogP contribution in [0.4, 0.5) is 13.2 Å². The summed E-state index contributed by atoms with van der Waals surface area (Å²) < 4.78 is 45.1. The quantitative estimate of drug-likeness (QED) is 0.893. The molecule has 0 aliphatic rings. The summed E-state index contributed by atoms with van der Waals surface area (Å²) in [6.45, 7) is 2.84. The highest BCUT2D eigenvalue weighted by Crippen LogP contribution is 2.32. The highest BCUT2D eigenvalue weighted by Gasteiger charge is 2.32. The van der Waals surface area contributed by atoms with Gasteiger partial charge in [0.15, 0.2) is 11.5 Å². The van der Waals surface area contributed by atoms with Crippen LogP contribution in [0, 0.1) is 0 Å². The number of ether oxygens (including phenoxy) is 2. The first-order chi connectivity index (χ1) is 7.67. The molecule has 0 fully saturated rings. The van der Waals surface area contributed by atoms with Crippen molar-refractivity contribution in [3.63, 3.8) is 0 Å². The lowest BCUT2D eigenvalue weighted by Crippen LogP contribution is -2.28. The van der Waals surface area contributed by atoms with Gasteiger partial charge >= 0.3 is 6.36 Å². The minimum Gasteiger partial charge on any atom is -0.487 e. The molecule has 0 saturated carbocycles. The van der Waals surface area contributed by atoms with Crippen molar-refractivity contribution in [3.8, 4) is 11.5 Å². The van der Waals surface area contributed by atoms with E-state index >= 15 is 0 Å². The van der Waals surface area contributed by atoms with Crippen LogP contribution in [-0.4, -0.2) is 23.7 Å². The first-order valence-electron chi connectivity index (χ1n) is 4.87. The van der Waals surface area contributed by atoms with Crippen molar-refractivity contribution < 1.29 is 27.8 Å². The summed E-state index contributed by atoms with van der Waals surface area (Å²) in [6.07, 6.45) is -4.77. The van der Waals surface area contributed by atoms with E-state index in [-0.39, 0.29) is 12.4 Å². The van der Waals surface area contributed by atoms with Crippen LogP contribution in [0.2, 0.25) is 0 Å². The van der Waals surface area contributed by atoms with Crippen molar-refractivity contribution >= 4 is 0 Å². The Hall–Kier alpha value is -1.43. The molecule has 0 unspecified atom stereocenters. The van der Waals surface area contributed by atoms with Crippen LogP contribution in [0.1, 0.15) is 13.8 Å². The van der Waals surface area contributed by atoms with E-state index in [0.717, 1.165) is 6.07 Å². The summed E-state index contributed by atoms with van der Waals surface area (Å²) in [5.41, 5.74) is -1.13. The van der Waals surface area contributed by atoms with Crippen LogP contribution in [0.5, 0.6) is 11.5 Å². The lowest BCUT2D eigenvalue weighted by Gasteiger charge is -2.19. The van der Waals surface area contributed by atoms with Crippen LogP contribution >= 0.6 is 0 Å². The van der Waals surface area contributed by atoms with Gasteiger partial charge in [-0.25, -0.2) is 0 Å². The Bertz CT molecular complexity index is 369. The molecule has 6 heteroatoms. The van der Waals surface area contributed by atoms with Gasteiger partial charge in [-0.05, 0) is 26.0 Å². The minimum atomic E-state index is -4.77. The van der Waals surface area contributed by atoms with Crippen LogP contribution in [-0.2, 0) is 0 Å². The van der Waals surface area contributed by atoms with Gasteiger partial charge in [0.25, 0.3) is 0 Å². The summed E-state index contributed by atoms with van der Waals surface area (Å²) in [5, 5.41) is 9.41. The molecule has 0 bridgehead atoms. The Morgan fingerprint density at radius 1 is 1.12 bits per heavy atom. The summed E-state index contributed by atoms with van der Waals surface area (Å²) >= 11 is 0. The molecule has 0 saturated heterocycles. The molecule has 1 aromatic rings. The second kappa shape index (κ2) is 4.83. The zero-order valence-corrected chi connectivity index (χ0v) is 9.41. The molecule has 96 valence electrons. The third kappa shape index (κ3) is 5.44. The molecule has 1 N–H and O–H groups in total. The van der Waals surface area contributed by atoms with E-state index < -0.39 is 17.7 Å². The topological polar surface area (TPSA) is 38.7 Å². The summed E-state index contributed by atoms with van der Waals surface area (Å²) in [6, 6.07) is 5.40. The summed E-state index contributed by atoms with van der Waals surface area (Å²) in [7, 11) is 0. The van der Waals surface area contributed by atoms with E-state index in [4.69, 9.17) is 4.74 Å². The number of alkyl halides is 3. The van der Waals surface area contributed by atoms with Crippen molar-refractivity contribution in [2.75, 3.05) is 6.61 Å². The van der Waals surface area contributed by atoms with Crippen molar-refractivity contribution in [2.45, 2.75) is 25.8 Å². The molecule has 1 rings (SSSR count). The molecular formula is C11H13F3O3. The third-order valence-electron chi connectivity index (χ3n) is 1.66. The van der Waals surface area contributed by atoms with E-state index in [1.54, 1.807) is 0 Å². The van der Waals surface area contributed by atoms with Gasteiger partial charge in [0.1, 0.15) is 6.61 Å². The number of aliphatic hydroxyl groups is 1. The molecule has 0 aliphatic heterocycles. The van der Waals surface area contributed by atoms with Gasteiger partial charge in [0.2, 0.25) is 0 Å². The predicted octanol–water partition coefficient (Wildman–Crippen LogP) is 2.73. The molecule has 0 atom stereocenters. The number of halogens is 3. The third-order valence-corrected chi connectivity index (χ3v) is 1.66. The second-order valence-corrected chi connectivity index (χ2v) is 4.10. The zero-order valence-electron chi connectivity index (χ0n) is 9.41. The van der Waals surface area contributed by atoms with Crippen molar-refractivity contribution in [1.29, 1.82) is 0 Å². The van der Waals surface area contributed by atoms with Crippen molar-refractivity contribution in [1.82, 2.24) is 0 Å². The number of para-hydroxylation sites is 2. The van der Waals surface area contributed by atoms with Crippen LogP contribution in [0.15, 0.2) is 24.3 Å². The Morgan fingerprint density at radius 3 is 2.12 bits per heavy atom. The normalized spacial score (nSPS) is 12.4. The van der Waals surface area contributed by atoms with Crippen molar-refractivity contribution in [3.05, 3.63) is 24.3 Å². The maximum absolute atomic E-state index is 12.1. The van der Waals surface area contributed by atoms with Gasteiger partial charge in [0.05, 0.1) is 5.60 Å². The van der Waals surface area contributed by atoms with Gasteiger partial charge in [-0.2, -0.15) is 0 Å². The highest BCUT2D eigenvalue weighted by molar-refractivity contribution is 5.39. The molecule has 3 nitrogen and oxygen atoms in total. The van der Waals surface area contributed by atoms with Crippen LogP contribution in [0.3, 0.4) is 0 Å². The fraction of sp³-hybridized carbons (Fsp3) is 0.455. The molecule has 0 amide bonds. The van der Waals surface area contributed by atoms with Gasteiger partial charge in [0, 0.05) is 0 Å². The fourth-order valence-electron chi connectivity index (χ4n) is 1.03. The van der Waals surface area contributed by atoms with Crippen molar-refractivity contribution in [2.24, 2.45) is 0 Å². The van der Waals surface area contributed by atoms with E-state index in [1.807, 2.05) is 0 Å². The summed E-state index contributed by atoms with van der Waals surface area (Å²) in [5.74, 6) is -0.490. The molecule has 0 aliphatic carbocycles. The number of benzene rings is 1. The monoisotopic (exact) mass is 250 g/mol. The SMILES string of the molecule is CC(C)(O)COc1ccccc1OC(F)(F)F. The highest BCUT2D eigenvalue weighted by atomic mass is 19.4. The first kappa shape index (κ1) is 13.6. The van der Waals surface area contributed by atoms with Crippen LogP contribution in [0.25, 0.3) is 0 Å². The Kier molecular flexibility index (Phi) is 3.87. The molecular weight excluding hydrogens is 237 g/mol. The van der Waals surface area contributed by atoms with Gasteiger partial charge < -0.3 is 14.6 Å². The van der Waals surface area contributed by atoms with E-state index in [0.29, 0.717) is 0 Å². The molecule has 17 heavy (non-hydrogen) atoms. The number of rotatable bonds is 4. The molecule has 1 aromatic carbocycles. The number of hydrogen-bond acceptors (Lipinski definition) is 3. The lowest BCUT2D eigenvalue weighted by molar-refractivity contribution is -0.275. The second-order valence-electron chi connectivity index (χ2n) is 4.10. The minimum absolute atomic E-state index is 0.0630. The van der Waals surface area contributed by atoms with Gasteiger partial charge in [-0.15, -0.1) is 13.2 Å². The fourth-order valence-corrected chi connectivity index (χ4v) is 1.03. The largest absolute Gasteiger partial charge is 0.573 e. The summed E-state index contributed by atoms with van der Waals surface area (Å²) in [4.78, 5) is 0. The Morgan fingerprint density at radius 2 is 1.65 bits per heavy atom. The van der Waals surface area contributed by atoms with E-state index in [2.05, 4.69) is 4.74 Å². The average Bonchev–Trinajstić information content (AvgIpc) is 2.12. The Balaban J connectivity index is 2.78. The maximum atomic E-state index is 12.1. The Labute approximate surface area is 96.8 Å². The first-order valence-corrected chi connectivity index (χ1v) is 4.87. The zero-order chi connectivity index (χ0) is 13.1. The molecule has 0 radical (unpaired) electrons. The predicted molar refractivity (Wildman–Crippen MR) is 54.9 cm³/mol. The number of hydrogen-bond donors (Lipinski definition) is 1. The van der Waals surface area contributed by atoms with E-state index in [1.165, 1.54) is 32.0 Å². The van der Waals surface area contributed by atoms with Gasteiger partial charge in [-0.3, -0.25) is 0 Å². The molecule has 0 spiro atoms. The molecule has 0 heterocycles. The maximum Gasteiger partial charge on any atom is 0.573 e. The molecule has 0 aromatic heterocycles. The lowest BCUT2D eigenvalue weighted by atomic mass is 10.2. The smallest absolute Gasteiger partial charge is 0.487 e. The standard InChI is InChI=1S/C11H13F3O3/c1-10(2,15)7-16-8-5-3-4-6-9(8)17-11(12,13)14/h3-6,15H,7H2,1-2H3. The van der Waals surface area contributed by atoms with E-state index in [9.17, 15) is 18.3 Å². The van der Waals surface area contributed by atoms with Gasteiger partial charge in [-0.1, -0.05) is 12.1 Å². The van der Waals surface area contributed by atoms with Crippen LogP contribution < -0.4 is 9.47 Å².